The lowest BCUT2D eigenvalue weighted by molar-refractivity contribution is 0.0731. The number of esters is 1. The molecule has 0 aliphatic carbocycles. The minimum absolute atomic E-state index is 0.175. The van der Waals surface area contributed by atoms with Crippen molar-refractivity contribution < 1.29 is 28.2 Å². The van der Waals surface area contributed by atoms with Crippen LogP contribution >= 0.6 is 15.9 Å². The van der Waals surface area contributed by atoms with Crippen LogP contribution in [0.25, 0.3) is 22.1 Å². The second kappa shape index (κ2) is 9.61. The van der Waals surface area contributed by atoms with E-state index < -0.39 is 11.6 Å². The van der Waals surface area contributed by atoms with E-state index >= 15 is 0 Å². The molecule has 4 aromatic rings. The maximum Gasteiger partial charge on any atom is 0.344 e. The molecule has 7 nitrogen and oxygen atoms in total. The molecule has 0 bridgehead atoms. The van der Waals surface area contributed by atoms with Crippen LogP contribution in [0.2, 0.25) is 0 Å². The molecule has 0 radical (unpaired) electrons. The number of methoxy groups -OCH3 is 3. The molecule has 0 saturated heterocycles. The van der Waals surface area contributed by atoms with Crippen molar-refractivity contribution in [3.8, 4) is 34.1 Å². The number of ether oxygens (including phenoxy) is 4. The predicted octanol–water partition coefficient (Wildman–Crippen LogP) is 5.78. The van der Waals surface area contributed by atoms with E-state index in [1.54, 1.807) is 19.1 Å². The largest absolute Gasteiger partial charge is 0.493 e. The number of halogens is 1. The van der Waals surface area contributed by atoms with Crippen molar-refractivity contribution in [1.82, 2.24) is 0 Å². The van der Waals surface area contributed by atoms with Crippen LogP contribution in [0.4, 0.5) is 0 Å². The Morgan fingerprint density at radius 3 is 2.24 bits per heavy atom. The van der Waals surface area contributed by atoms with Gasteiger partial charge in [0.05, 0.1) is 31.4 Å². The molecular formula is C26H21BrO7. The summed E-state index contributed by atoms with van der Waals surface area (Å²) in [6.45, 7) is 1.73. The van der Waals surface area contributed by atoms with Crippen molar-refractivity contribution in [2.45, 2.75) is 6.92 Å². The average Bonchev–Trinajstić information content (AvgIpc) is 2.85. The standard InChI is InChI=1S/C26H21BrO7/c1-14-19(33-26(29)18-12-20(30-2)24(31-3)25(32-4)22(18)27)11-10-16-17(13-21(28)34-23(14)16)15-8-6-5-7-9-15/h5-13H,1-4H3. The smallest absolute Gasteiger partial charge is 0.344 e. The van der Waals surface area contributed by atoms with Gasteiger partial charge in [0.1, 0.15) is 11.3 Å². The highest BCUT2D eigenvalue weighted by Gasteiger charge is 2.25. The predicted molar refractivity (Wildman–Crippen MR) is 131 cm³/mol. The van der Waals surface area contributed by atoms with Crippen LogP contribution in [0, 0.1) is 6.92 Å². The minimum atomic E-state index is -0.657. The van der Waals surface area contributed by atoms with Crippen LogP contribution in [-0.2, 0) is 0 Å². The Morgan fingerprint density at radius 1 is 0.882 bits per heavy atom. The fourth-order valence-corrected chi connectivity index (χ4v) is 4.35. The van der Waals surface area contributed by atoms with Gasteiger partial charge in [-0.2, -0.15) is 0 Å². The van der Waals surface area contributed by atoms with Crippen LogP contribution in [0.3, 0.4) is 0 Å². The zero-order valence-corrected chi connectivity index (χ0v) is 20.5. The Balaban J connectivity index is 1.79. The number of rotatable bonds is 6. The molecule has 0 atom stereocenters. The monoisotopic (exact) mass is 524 g/mol. The summed E-state index contributed by atoms with van der Waals surface area (Å²) in [6.07, 6.45) is 0. The third-order valence-corrected chi connectivity index (χ3v) is 6.18. The lowest BCUT2D eigenvalue weighted by Gasteiger charge is -2.16. The molecule has 0 unspecified atom stereocenters. The van der Waals surface area contributed by atoms with Crippen molar-refractivity contribution in [3.63, 3.8) is 0 Å². The molecular weight excluding hydrogens is 504 g/mol. The summed E-state index contributed by atoms with van der Waals surface area (Å²) in [5.74, 6) is 0.540. The first-order valence-corrected chi connectivity index (χ1v) is 11.0. The van der Waals surface area contributed by atoms with Gasteiger partial charge in [-0.1, -0.05) is 30.3 Å². The number of fused-ring (bicyclic) bond motifs is 1. The molecule has 34 heavy (non-hydrogen) atoms. The van der Waals surface area contributed by atoms with Gasteiger partial charge in [-0.05, 0) is 52.2 Å². The molecule has 0 aliphatic heterocycles. The van der Waals surface area contributed by atoms with Gasteiger partial charge in [-0.15, -0.1) is 0 Å². The van der Waals surface area contributed by atoms with Crippen LogP contribution in [0.15, 0.2) is 68.3 Å². The summed E-state index contributed by atoms with van der Waals surface area (Å²) in [4.78, 5) is 25.4. The maximum atomic E-state index is 13.1. The highest BCUT2D eigenvalue weighted by atomic mass is 79.9. The number of carbonyl (C=O) groups excluding carboxylic acids is 1. The van der Waals surface area contributed by atoms with Crippen LogP contribution < -0.4 is 24.6 Å². The Labute approximate surface area is 204 Å². The number of carbonyl (C=O) groups is 1. The molecule has 0 spiro atoms. The summed E-state index contributed by atoms with van der Waals surface area (Å²) < 4.78 is 27.6. The molecule has 0 N–H and O–H groups in total. The lowest BCUT2D eigenvalue weighted by atomic mass is 10.0. The summed E-state index contributed by atoms with van der Waals surface area (Å²) >= 11 is 3.39. The number of hydrogen-bond donors (Lipinski definition) is 0. The first kappa shape index (κ1) is 23.4. The molecule has 0 amide bonds. The Bertz CT molecular complexity index is 1440. The molecule has 0 aliphatic rings. The van der Waals surface area contributed by atoms with Crippen molar-refractivity contribution in [3.05, 3.63) is 80.6 Å². The van der Waals surface area contributed by atoms with Crippen molar-refractivity contribution in [2.24, 2.45) is 0 Å². The first-order valence-electron chi connectivity index (χ1n) is 10.2. The third-order valence-electron chi connectivity index (χ3n) is 5.39. The molecule has 1 aromatic heterocycles. The van der Waals surface area contributed by atoms with Gasteiger partial charge in [0.2, 0.25) is 5.75 Å². The summed E-state index contributed by atoms with van der Waals surface area (Å²) in [5.41, 5.74) is 2.16. The highest BCUT2D eigenvalue weighted by Crippen LogP contribution is 2.45. The van der Waals surface area contributed by atoms with Gasteiger partial charge in [0, 0.05) is 17.0 Å². The second-order valence-corrected chi connectivity index (χ2v) is 8.10. The van der Waals surface area contributed by atoms with E-state index in [1.807, 2.05) is 30.3 Å². The molecule has 0 saturated carbocycles. The summed E-state index contributed by atoms with van der Waals surface area (Å²) in [5, 5.41) is 0.733. The summed E-state index contributed by atoms with van der Waals surface area (Å²) in [6, 6.07) is 15.9. The van der Waals surface area contributed by atoms with Crippen LogP contribution in [-0.4, -0.2) is 27.3 Å². The van der Waals surface area contributed by atoms with E-state index in [4.69, 9.17) is 23.4 Å². The minimum Gasteiger partial charge on any atom is -0.493 e. The zero-order valence-electron chi connectivity index (χ0n) is 18.9. The van der Waals surface area contributed by atoms with Crippen LogP contribution in [0.1, 0.15) is 15.9 Å². The van der Waals surface area contributed by atoms with E-state index in [9.17, 15) is 9.59 Å². The molecule has 8 heteroatoms. The second-order valence-electron chi connectivity index (χ2n) is 7.31. The quantitative estimate of drug-likeness (QED) is 0.179. The lowest BCUT2D eigenvalue weighted by Crippen LogP contribution is -2.12. The maximum absolute atomic E-state index is 13.1. The first-order chi connectivity index (χ1) is 16.4. The van der Waals surface area contributed by atoms with Gasteiger partial charge in [-0.25, -0.2) is 9.59 Å². The van der Waals surface area contributed by atoms with Crippen molar-refractivity contribution in [2.75, 3.05) is 21.3 Å². The average molecular weight is 525 g/mol. The van der Waals surface area contributed by atoms with Crippen molar-refractivity contribution in [1.29, 1.82) is 0 Å². The van der Waals surface area contributed by atoms with E-state index in [0.29, 0.717) is 32.9 Å². The van der Waals surface area contributed by atoms with Gasteiger partial charge >= 0.3 is 11.6 Å². The molecule has 4 rings (SSSR count). The van der Waals surface area contributed by atoms with Crippen molar-refractivity contribution >= 4 is 32.9 Å². The summed E-state index contributed by atoms with van der Waals surface area (Å²) in [7, 11) is 4.39. The van der Waals surface area contributed by atoms with Gasteiger partial charge in [0.15, 0.2) is 11.5 Å². The van der Waals surface area contributed by atoms with Gasteiger partial charge < -0.3 is 23.4 Å². The highest BCUT2D eigenvalue weighted by molar-refractivity contribution is 9.10. The zero-order chi connectivity index (χ0) is 24.4. The fourth-order valence-electron chi connectivity index (χ4n) is 3.73. The number of aryl methyl sites for hydroxylation is 1. The number of hydrogen-bond acceptors (Lipinski definition) is 7. The Hall–Kier alpha value is -3.78. The van der Waals surface area contributed by atoms with E-state index in [-0.39, 0.29) is 11.3 Å². The molecule has 1 heterocycles. The molecule has 174 valence electrons. The fraction of sp³-hybridized carbons (Fsp3) is 0.154. The van der Waals surface area contributed by atoms with Crippen LogP contribution in [0.5, 0.6) is 23.0 Å². The van der Waals surface area contributed by atoms with E-state index in [2.05, 4.69) is 15.9 Å². The number of benzene rings is 3. The van der Waals surface area contributed by atoms with Gasteiger partial charge in [0.25, 0.3) is 0 Å². The molecule has 0 fully saturated rings. The topological polar surface area (TPSA) is 84.2 Å². The SMILES string of the molecule is COc1cc(C(=O)Oc2ccc3c(-c4ccccc4)cc(=O)oc3c2C)c(Br)c(OC)c1OC. The normalized spacial score (nSPS) is 10.7. The van der Waals surface area contributed by atoms with E-state index in [1.165, 1.54) is 33.5 Å². The molecule has 3 aromatic carbocycles. The Kier molecular flexibility index (Phi) is 6.61. The third kappa shape index (κ3) is 4.12. The van der Waals surface area contributed by atoms with Gasteiger partial charge in [-0.3, -0.25) is 0 Å². The van der Waals surface area contributed by atoms with E-state index in [0.717, 1.165) is 16.5 Å². The Morgan fingerprint density at radius 2 is 1.59 bits per heavy atom.